The second-order valence-corrected chi connectivity index (χ2v) is 10.8. The molecule has 244 valence electrons. The van der Waals surface area contributed by atoms with Gasteiger partial charge >= 0.3 is 35.8 Å². The maximum atomic E-state index is 13.6. The first kappa shape index (κ1) is 34.9. The van der Waals surface area contributed by atoms with Crippen LogP contribution in [0.2, 0.25) is 0 Å². The Morgan fingerprint density at radius 2 is 1.58 bits per heavy atom. The molecule has 3 rings (SSSR count). The summed E-state index contributed by atoms with van der Waals surface area (Å²) in [4.78, 5) is 72.2. The van der Waals surface area contributed by atoms with Crippen molar-refractivity contribution in [2.45, 2.75) is 81.6 Å². The molecule has 1 saturated heterocycles. The van der Waals surface area contributed by atoms with Gasteiger partial charge in [-0.25, -0.2) is 4.79 Å². The molecule has 45 heavy (non-hydrogen) atoms. The second-order valence-electron chi connectivity index (χ2n) is 9.59. The lowest BCUT2D eigenvalue weighted by atomic mass is 9.91. The van der Waals surface area contributed by atoms with Gasteiger partial charge in [0.25, 0.3) is 0 Å². The largest absolute Gasteiger partial charge is 0.466 e. The monoisotopic (exact) mass is 652 g/mol. The molecule has 1 fully saturated rings. The van der Waals surface area contributed by atoms with Gasteiger partial charge in [-0.15, -0.1) is 5.10 Å². The van der Waals surface area contributed by atoms with Gasteiger partial charge in [-0.3, -0.25) is 24.0 Å². The molecule has 0 aliphatic carbocycles. The van der Waals surface area contributed by atoms with Crippen molar-refractivity contribution in [3.8, 4) is 5.69 Å². The summed E-state index contributed by atoms with van der Waals surface area (Å²) in [6.07, 6.45) is -8.41. The summed E-state index contributed by atoms with van der Waals surface area (Å²) in [6.45, 7) is 4.70. The van der Waals surface area contributed by atoms with Crippen molar-refractivity contribution >= 4 is 47.6 Å². The molecule has 0 radical (unpaired) electrons. The fraction of sp³-hybridized carbons (Fsp3) is 0.519. The highest BCUT2D eigenvalue weighted by atomic mass is 32.2. The van der Waals surface area contributed by atoms with E-state index in [1.165, 1.54) is 4.68 Å². The lowest BCUT2D eigenvalue weighted by molar-refractivity contribution is -0.249. The van der Waals surface area contributed by atoms with Crippen LogP contribution < -0.4 is 0 Å². The van der Waals surface area contributed by atoms with E-state index < -0.39 is 84.3 Å². The summed E-state index contributed by atoms with van der Waals surface area (Å²) in [5.74, 6) is -5.23. The van der Waals surface area contributed by atoms with Crippen LogP contribution in [0.5, 0.6) is 0 Å². The average Bonchev–Trinajstić information content (AvgIpc) is 3.42. The third-order valence-corrected chi connectivity index (χ3v) is 7.26. The lowest BCUT2D eigenvalue weighted by Crippen LogP contribution is -2.64. The number of carbonyl (C=O) groups excluding carboxylic acids is 6. The number of para-hydroxylation sites is 1. The SMILES string of the molecule is COC(=O)[C@@]1(Sc2nnnn2-c2ccccc2)C[C@H](OC(C)=O)[C@@H](OC(C)=O)[C@H]([C@@H](OC(C)=O)[C@@H](COC(C)=O)OC(C)=O)O1. The molecule has 1 aromatic carbocycles. The molecule has 0 saturated carbocycles. The van der Waals surface area contributed by atoms with Crippen molar-refractivity contribution in [2.24, 2.45) is 0 Å². The minimum Gasteiger partial charge on any atom is -0.466 e. The van der Waals surface area contributed by atoms with Crippen molar-refractivity contribution < 1.29 is 61.9 Å². The number of aromatic nitrogens is 4. The molecule has 0 unspecified atom stereocenters. The smallest absolute Gasteiger partial charge is 0.349 e. The fourth-order valence-corrected chi connectivity index (χ4v) is 5.68. The number of benzene rings is 1. The minimum absolute atomic E-state index is 0.0262. The predicted molar refractivity (Wildman–Crippen MR) is 148 cm³/mol. The van der Waals surface area contributed by atoms with Crippen LogP contribution in [-0.2, 0) is 61.9 Å². The number of esters is 6. The van der Waals surface area contributed by atoms with Crippen LogP contribution in [0.4, 0.5) is 0 Å². The zero-order chi connectivity index (χ0) is 33.3. The zero-order valence-corrected chi connectivity index (χ0v) is 26.0. The van der Waals surface area contributed by atoms with E-state index in [4.69, 9.17) is 33.2 Å². The Morgan fingerprint density at radius 1 is 0.933 bits per heavy atom. The molecule has 18 heteroatoms. The molecule has 1 aliphatic rings. The summed E-state index contributed by atoms with van der Waals surface area (Å²) >= 11 is 0.673. The number of nitrogens with zero attached hydrogens (tertiary/aromatic N) is 4. The van der Waals surface area contributed by atoms with Crippen LogP contribution in [-0.4, -0.2) is 105 Å². The number of carbonyl (C=O) groups is 6. The van der Waals surface area contributed by atoms with Gasteiger partial charge in [-0.05, 0) is 34.3 Å². The highest BCUT2D eigenvalue weighted by molar-refractivity contribution is 8.01. The first-order valence-electron chi connectivity index (χ1n) is 13.4. The standard InChI is InChI=1S/C27H32N4O13S/c1-14(32)39-13-21(41-16(3)34)23(43-18(5)36)24-22(42-17(4)35)20(40-15(2)33)12-27(44-24,25(37)38-6)45-26-28-29-30-31(26)19-10-8-7-9-11-19/h7-11,20-24H,12-13H2,1-6H3/t20-,21+,22+,23-,24+,27-/m0/s1. The zero-order valence-electron chi connectivity index (χ0n) is 25.2. The maximum Gasteiger partial charge on any atom is 0.349 e. The van der Waals surface area contributed by atoms with Crippen molar-refractivity contribution in [3.05, 3.63) is 30.3 Å². The molecule has 0 bridgehead atoms. The minimum atomic E-state index is -2.15. The molecule has 0 spiro atoms. The van der Waals surface area contributed by atoms with Crippen LogP contribution in [0.3, 0.4) is 0 Å². The molecule has 1 aromatic heterocycles. The predicted octanol–water partition coefficient (Wildman–Crippen LogP) is 0.703. The highest BCUT2D eigenvalue weighted by Gasteiger charge is 2.60. The highest BCUT2D eigenvalue weighted by Crippen LogP contribution is 2.46. The van der Waals surface area contributed by atoms with Crippen molar-refractivity contribution in [2.75, 3.05) is 13.7 Å². The molecule has 17 nitrogen and oxygen atoms in total. The molecule has 2 aromatic rings. The Kier molecular flexibility index (Phi) is 12.0. The van der Waals surface area contributed by atoms with Gasteiger partial charge in [0.05, 0.1) is 12.8 Å². The summed E-state index contributed by atoms with van der Waals surface area (Å²) in [6, 6.07) is 8.64. The summed E-state index contributed by atoms with van der Waals surface area (Å²) in [7, 11) is 1.08. The van der Waals surface area contributed by atoms with Gasteiger partial charge in [0.1, 0.15) is 18.8 Å². The normalized spacial score (nSPS) is 22.2. The third kappa shape index (κ3) is 9.21. The van der Waals surface area contributed by atoms with Gasteiger partial charge in [0.2, 0.25) is 10.1 Å². The van der Waals surface area contributed by atoms with Crippen LogP contribution in [0, 0.1) is 0 Å². The van der Waals surface area contributed by atoms with E-state index in [0.29, 0.717) is 17.4 Å². The number of rotatable bonds is 12. The number of hydrogen-bond donors (Lipinski definition) is 0. The molecular weight excluding hydrogens is 620 g/mol. The molecular formula is C27H32N4O13S. The lowest BCUT2D eigenvalue weighted by Gasteiger charge is -2.47. The van der Waals surface area contributed by atoms with Crippen molar-refractivity contribution in [1.82, 2.24) is 20.2 Å². The Labute approximate surface area is 261 Å². The molecule has 1 aliphatic heterocycles. The van der Waals surface area contributed by atoms with Crippen molar-refractivity contribution in [3.63, 3.8) is 0 Å². The van der Waals surface area contributed by atoms with E-state index in [2.05, 4.69) is 15.5 Å². The van der Waals surface area contributed by atoms with Crippen LogP contribution >= 0.6 is 11.8 Å². The Hall–Kier alpha value is -4.58. The molecule has 6 atom stereocenters. The Bertz CT molecular complexity index is 1400. The van der Waals surface area contributed by atoms with Crippen LogP contribution in [0.15, 0.2) is 35.5 Å². The fourth-order valence-electron chi connectivity index (χ4n) is 4.51. The van der Waals surface area contributed by atoms with E-state index in [-0.39, 0.29) is 5.16 Å². The van der Waals surface area contributed by atoms with Gasteiger partial charge in [0, 0.05) is 41.0 Å². The second kappa shape index (κ2) is 15.4. The molecule has 2 heterocycles. The Morgan fingerprint density at radius 3 is 2.13 bits per heavy atom. The summed E-state index contributed by atoms with van der Waals surface area (Å²) < 4.78 is 39.7. The first-order valence-corrected chi connectivity index (χ1v) is 14.2. The maximum absolute atomic E-state index is 13.6. The number of ether oxygens (including phenoxy) is 7. The summed E-state index contributed by atoms with van der Waals surface area (Å²) in [5, 5.41) is 11.7. The number of thioether (sulfide) groups is 1. The van der Waals surface area contributed by atoms with E-state index >= 15 is 0 Å². The first-order chi connectivity index (χ1) is 21.3. The number of hydrogen-bond acceptors (Lipinski definition) is 17. The van der Waals surface area contributed by atoms with Gasteiger partial charge in [-0.2, -0.15) is 4.68 Å². The van der Waals surface area contributed by atoms with E-state index in [1.54, 1.807) is 30.3 Å². The van der Waals surface area contributed by atoms with E-state index in [0.717, 1.165) is 41.7 Å². The summed E-state index contributed by atoms with van der Waals surface area (Å²) in [5.41, 5.74) is 0.515. The topological polar surface area (TPSA) is 211 Å². The van der Waals surface area contributed by atoms with Crippen LogP contribution in [0.25, 0.3) is 5.69 Å². The average molecular weight is 653 g/mol. The molecule has 0 N–H and O–H groups in total. The van der Waals surface area contributed by atoms with Gasteiger partial charge < -0.3 is 33.2 Å². The van der Waals surface area contributed by atoms with Gasteiger partial charge in [-0.1, -0.05) is 18.2 Å². The van der Waals surface area contributed by atoms with Crippen molar-refractivity contribution in [1.29, 1.82) is 0 Å². The molecule has 0 amide bonds. The Balaban J connectivity index is 2.23. The quantitative estimate of drug-likeness (QED) is 0.228. The number of tetrazole rings is 1. The number of methoxy groups -OCH3 is 1. The van der Waals surface area contributed by atoms with E-state index in [1.807, 2.05) is 0 Å². The van der Waals surface area contributed by atoms with E-state index in [9.17, 15) is 28.8 Å². The van der Waals surface area contributed by atoms with Crippen LogP contribution in [0.1, 0.15) is 41.0 Å². The van der Waals surface area contributed by atoms with Gasteiger partial charge in [0.15, 0.2) is 18.3 Å². The third-order valence-electron chi connectivity index (χ3n) is 6.06.